The minimum absolute atomic E-state index is 0.121. The van der Waals surface area contributed by atoms with E-state index in [-0.39, 0.29) is 6.07 Å². The molecule has 0 N–H and O–H groups in total. The van der Waals surface area contributed by atoms with Gasteiger partial charge in [-0.15, -0.1) is 13.2 Å². The molecule has 0 spiro atoms. The van der Waals surface area contributed by atoms with Gasteiger partial charge in [-0.1, -0.05) is 0 Å². The Labute approximate surface area is 113 Å². The van der Waals surface area contributed by atoms with Crippen LogP contribution in [0.3, 0.4) is 0 Å². The van der Waals surface area contributed by atoms with Crippen LogP contribution in [0.4, 0.5) is 35.1 Å². The van der Waals surface area contributed by atoms with Crippen molar-refractivity contribution in [3.63, 3.8) is 0 Å². The molecule has 0 saturated carbocycles. The lowest BCUT2D eigenvalue weighted by molar-refractivity contribution is -0.276. The van der Waals surface area contributed by atoms with E-state index in [1.54, 1.807) is 0 Å². The van der Waals surface area contributed by atoms with Gasteiger partial charge in [0.25, 0.3) is 6.43 Å². The van der Waals surface area contributed by atoms with Crippen molar-refractivity contribution in [1.29, 1.82) is 0 Å². The Bertz CT molecular complexity index is 469. The van der Waals surface area contributed by atoms with Crippen LogP contribution in [0.5, 0.6) is 5.88 Å². The summed E-state index contributed by atoms with van der Waals surface area (Å²) in [6, 6.07) is 0.121. The largest absolute Gasteiger partial charge is 0.574 e. The van der Waals surface area contributed by atoms with Crippen LogP contribution in [0.1, 0.15) is 17.7 Å². The third-order valence-corrected chi connectivity index (χ3v) is 2.47. The maximum Gasteiger partial charge on any atom is 0.574 e. The van der Waals surface area contributed by atoms with Gasteiger partial charge in [0.05, 0.1) is 9.13 Å². The third kappa shape index (κ3) is 4.31. The van der Waals surface area contributed by atoms with Crippen LogP contribution in [0.15, 0.2) is 6.07 Å². The molecule has 11 heteroatoms. The molecule has 0 aliphatic carbocycles. The molecule has 2 nitrogen and oxygen atoms in total. The van der Waals surface area contributed by atoms with Crippen molar-refractivity contribution in [1.82, 2.24) is 4.98 Å². The van der Waals surface area contributed by atoms with E-state index in [2.05, 4.69) is 9.72 Å². The van der Waals surface area contributed by atoms with Crippen molar-refractivity contribution in [3.05, 3.63) is 20.9 Å². The summed E-state index contributed by atoms with van der Waals surface area (Å²) in [5.74, 6) is -1.35. The quantitative estimate of drug-likeness (QED) is 0.531. The van der Waals surface area contributed by atoms with E-state index in [1.807, 2.05) is 0 Å². The molecular weight excluding hydrogens is 405 g/mol. The summed E-state index contributed by atoms with van der Waals surface area (Å²) in [4.78, 5) is 2.60. The van der Waals surface area contributed by atoms with Crippen LogP contribution in [-0.4, -0.2) is 11.3 Å². The summed E-state index contributed by atoms with van der Waals surface area (Å²) < 4.78 is 100. The summed E-state index contributed by atoms with van der Waals surface area (Å²) >= 11 is 1.07. The summed E-state index contributed by atoms with van der Waals surface area (Å²) in [5.41, 5.74) is -3.62. The van der Waals surface area contributed by atoms with E-state index in [9.17, 15) is 35.1 Å². The Morgan fingerprint density at radius 2 is 1.63 bits per heavy atom. The van der Waals surface area contributed by atoms with Gasteiger partial charge in [0.2, 0.25) is 5.88 Å². The minimum atomic E-state index is -5.24. The highest BCUT2D eigenvalue weighted by Crippen LogP contribution is 2.39. The van der Waals surface area contributed by atoms with Gasteiger partial charge < -0.3 is 4.74 Å². The molecule has 1 aromatic heterocycles. The standard InChI is InChI=1S/C8H2F8INO/c9-5(10)4-2(7(11,12)13)1-3(17)6(18-4)19-8(14,15)16/h1,5H. The molecule has 0 aromatic carbocycles. The van der Waals surface area contributed by atoms with E-state index < -0.39 is 39.7 Å². The molecule has 0 unspecified atom stereocenters. The molecule has 0 bridgehead atoms. The van der Waals surface area contributed by atoms with Gasteiger partial charge in [0.1, 0.15) is 5.69 Å². The first-order valence-corrected chi connectivity index (χ1v) is 5.31. The summed E-state index contributed by atoms with van der Waals surface area (Å²) in [7, 11) is 0. The number of pyridine rings is 1. The van der Waals surface area contributed by atoms with E-state index in [0.29, 0.717) is 0 Å². The summed E-state index contributed by atoms with van der Waals surface area (Å²) in [5, 5.41) is 0. The highest BCUT2D eigenvalue weighted by atomic mass is 127. The van der Waals surface area contributed by atoms with Crippen LogP contribution < -0.4 is 4.74 Å². The van der Waals surface area contributed by atoms with E-state index in [0.717, 1.165) is 22.6 Å². The van der Waals surface area contributed by atoms with Gasteiger partial charge in [-0.05, 0) is 28.7 Å². The first kappa shape index (κ1) is 16.2. The monoisotopic (exact) mass is 407 g/mol. The predicted molar refractivity (Wildman–Crippen MR) is 53.6 cm³/mol. The second-order valence-corrected chi connectivity index (χ2v) is 4.22. The van der Waals surface area contributed by atoms with Gasteiger partial charge in [-0.3, -0.25) is 0 Å². The Kier molecular flexibility index (Phi) is 4.47. The van der Waals surface area contributed by atoms with Crippen LogP contribution in [0.2, 0.25) is 0 Å². The lowest BCUT2D eigenvalue weighted by Gasteiger charge is -2.15. The minimum Gasteiger partial charge on any atom is -0.387 e. The Morgan fingerprint density at radius 1 is 1.11 bits per heavy atom. The smallest absolute Gasteiger partial charge is 0.387 e. The highest BCUT2D eigenvalue weighted by Gasteiger charge is 2.39. The number of rotatable bonds is 2. The number of halogens is 9. The van der Waals surface area contributed by atoms with Gasteiger partial charge in [0.15, 0.2) is 0 Å². The van der Waals surface area contributed by atoms with E-state index in [1.165, 1.54) is 0 Å². The summed E-state index contributed by atoms with van der Waals surface area (Å²) in [6.07, 6.45) is -14.1. The third-order valence-electron chi connectivity index (χ3n) is 1.70. The van der Waals surface area contributed by atoms with Gasteiger partial charge in [0, 0.05) is 0 Å². The number of nitrogens with zero attached hydrogens (tertiary/aromatic N) is 1. The van der Waals surface area contributed by atoms with Crippen molar-refractivity contribution in [3.8, 4) is 5.88 Å². The second-order valence-electron chi connectivity index (χ2n) is 3.05. The SMILES string of the molecule is FC(F)c1nc(OC(F)(F)F)c(I)cc1C(F)(F)F. The molecule has 19 heavy (non-hydrogen) atoms. The zero-order chi connectivity index (χ0) is 15.0. The molecule has 0 fully saturated rings. The van der Waals surface area contributed by atoms with Crippen molar-refractivity contribution < 1.29 is 39.9 Å². The lowest BCUT2D eigenvalue weighted by Crippen LogP contribution is -2.20. The molecule has 0 saturated heterocycles. The first-order chi connectivity index (χ1) is 8.42. The van der Waals surface area contributed by atoms with Crippen LogP contribution in [0.25, 0.3) is 0 Å². The number of hydrogen-bond acceptors (Lipinski definition) is 2. The topological polar surface area (TPSA) is 22.1 Å². The molecule has 0 atom stereocenters. The molecule has 0 aliphatic heterocycles. The molecular formula is C8H2F8INO. The Morgan fingerprint density at radius 3 is 2.00 bits per heavy atom. The molecule has 108 valence electrons. The van der Waals surface area contributed by atoms with Gasteiger partial charge in [-0.25, -0.2) is 13.8 Å². The normalized spacial score (nSPS) is 12.9. The number of alkyl halides is 8. The van der Waals surface area contributed by atoms with E-state index in [4.69, 9.17) is 0 Å². The Balaban J connectivity index is 3.37. The fourth-order valence-corrected chi connectivity index (χ4v) is 1.60. The molecule has 1 aromatic rings. The average Bonchev–Trinajstić information content (AvgIpc) is 2.16. The Hall–Kier alpha value is -0.880. The van der Waals surface area contributed by atoms with Gasteiger partial charge in [-0.2, -0.15) is 13.2 Å². The maximum absolute atomic E-state index is 12.4. The highest BCUT2D eigenvalue weighted by molar-refractivity contribution is 14.1. The van der Waals surface area contributed by atoms with Crippen molar-refractivity contribution >= 4 is 22.6 Å². The average molecular weight is 407 g/mol. The zero-order valence-corrected chi connectivity index (χ0v) is 10.6. The number of ether oxygens (including phenoxy) is 1. The predicted octanol–water partition coefficient (Wildman–Crippen LogP) is 4.54. The maximum atomic E-state index is 12.4. The zero-order valence-electron chi connectivity index (χ0n) is 8.41. The number of aromatic nitrogens is 1. The molecule has 1 heterocycles. The second kappa shape index (κ2) is 5.25. The van der Waals surface area contributed by atoms with Crippen molar-refractivity contribution in [2.45, 2.75) is 19.0 Å². The van der Waals surface area contributed by atoms with Crippen LogP contribution in [0, 0.1) is 3.57 Å². The van der Waals surface area contributed by atoms with Crippen molar-refractivity contribution in [2.75, 3.05) is 0 Å². The fourth-order valence-electron chi connectivity index (χ4n) is 1.06. The van der Waals surface area contributed by atoms with Crippen LogP contribution in [-0.2, 0) is 6.18 Å². The fraction of sp³-hybridized carbons (Fsp3) is 0.375. The molecule has 1 rings (SSSR count). The van der Waals surface area contributed by atoms with E-state index >= 15 is 0 Å². The molecule has 0 amide bonds. The van der Waals surface area contributed by atoms with Crippen molar-refractivity contribution in [2.24, 2.45) is 0 Å². The van der Waals surface area contributed by atoms with Gasteiger partial charge >= 0.3 is 12.5 Å². The lowest BCUT2D eigenvalue weighted by atomic mass is 10.2. The molecule has 0 aliphatic rings. The molecule has 0 radical (unpaired) electrons. The summed E-state index contributed by atoms with van der Waals surface area (Å²) in [6.45, 7) is 0. The first-order valence-electron chi connectivity index (χ1n) is 4.23. The number of hydrogen-bond donors (Lipinski definition) is 0. The van der Waals surface area contributed by atoms with Crippen LogP contribution >= 0.6 is 22.6 Å².